The van der Waals surface area contributed by atoms with Gasteiger partial charge in [-0.3, -0.25) is 0 Å². The van der Waals surface area contributed by atoms with Crippen LogP contribution in [-0.4, -0.2) is 35.7 Å². The van der Waals surface area contributed by atoms with Crippen LogP contribution in [0.4, 0.5) is 0 Å². The Morgan fingerprint density at radius 1 is 1.11 bits per heavy atom. The van der Waals surface area contributed by atoms with Gasteiger partial charge in [0.2, 0.25) is 0 Å². The lowest BCUT2D eigenvalue weighted by molar-refractivity contribution is 0.0268. The molecule has 0 aromatic rings. The molecule has 0 saturated heterocycles. The second-order valence-corrected chi connectivity index (χ2v) is 7.75. The third-order valence-electron chi connectivity index (χ3n) is 5.95. The number of aliphatic hydroxyl groups is 1. The van der Waals surface area contributed by atoms with Gasteiger partial charge in [0.05, 0.1) is 6.10 Å². The summed E-state index contributed by atoms with van der Waals surface area (Å²) in [6, 6.07) is 0.763. The van der Waals surface area contributed by atoms with E-state index >= 15 is 0 Å². The van der Waals surface area contributed by atoms with Crippen molar-refractivity contribution >= 4 is 0 Å². The van der Waals surface area contributed by atoms with Crippen LogP contribution in [0.25, 0.3) is 0 Å². The van der Waals surface area contributed by atoms with Crippen molar-refractivity contribution in [2.75, 3.05) is 13.6 Å². The molecule has 2 atom stereocenters. The molecule has 2 rings (SSSR count). The van der Waals surface area contributed by atoms with Crippen LogP contribution >= 0.6 is 0 Å². The fourth-order valence-corrected chi connectivity index (χ4v) is 4.21. The Balaban J connectivity index is 1.80. The van der Waals surface area contributed by atoms with Crippen LogP contribution in [0.3, 0.4) is 0 Å². The summed E-state index contributed by atoms with van der Waals surface area (Å²) in [5.41, 5.74) is 0.130. The van der Waals surface area contributed by atoms with Gasteiger partial charge in [-0.2, -0.15) is 0 Å². The lowest BCUT2D eigenvalue weighted by Crippen LogP contribution is -2.41. The first kappa shape index (κ1) is 15.3. The van der Waals surface area contributed by atoms with Crippen molar-refractivity contribution in [3.05, 3.63) is 0 Å². The molecule has 112 valence electrons. The maximum Gasteiger partial charge on any atom is 0.0631 e. The van der Waals surface area contributed by atoms with Crippen LogP contribution in [0.1, 0.15) is 65.7 Å². The Morgan fingerprint density at radius 3 is 2.21 bits per heavy atom. The lowest BCUT2D eigenvalue weighted by Gasteiger charge is -2.37. The standard InChI is InChI=1S/C17H33NO/c1-5-13-6-8-15(9-7-13)18(4)12-14-10-11-17(2,3)16(14)19/h13-16,19H,5-12H2,1-4H3. The normalized spacial score (nSPS) is 38.8. The van der Waals surface area contributed by atoms with Gasteiger partial charge in [-0.1, -0.05) is 27.2 Å². The Morgan fingerprint density at radius 2 is 1.74 bits per heavy atom. The smallest absolute Gasteiger partial charge is 0.0631 e. The molecule has 0 aromatic heterocycles. The first-order valence-corrected chi connectivity index (χ1v) is 8.32. The number of hydrogen-bond acceptors (Lipinski definition) is 2. The predicted octanol–water partition coefficient (Wildman–Crippen LogP) is 3.68. The van der Waals surface area contributed by atoms with E-state index in [0.29, 0.717) is 5.92 Å². The van der Waals surface area contributed by atoms with Gasteiger partial charge in [-0.05, 0) is 62.8 Å². The number of aliphatic hydroxyl groups excluding tert-OH is 1. The average molecular weight is 267 g/mol. The predicted molar refractivity (Wildman–Crippen MR) is 81.2 cm³/mol. The van der Waals surface area contributed by atoms with Crippen molar-refractivity contribution in [1.82, 2.24) is 4.90 Å². The van der Waals surface area contributed by atoms with Crippen LogP contribution in [-0.2, 0) is 0 Å². The molecule has 2 heteroatoms. The molecule has 0 amide bonds. The van der Waals surface area contributed by atoms with Gasteiger partial charge >= 0.3 is 0 Å². The monoisotopic (exact) mass is 267 g/mol. The molecule has 2 fully saturated rings. The van der Waals surface area contributed by atoms with E-state index in [1.807, 2.05) is 0 Å². The van der Waals surface area contributed by atoms with E-state index in [2.05, 4.69) is 32.7 Å². The van der Waals surface area contributed by atoms with E-state index < -0.39 is 0 Å². The maximum atomic E-state index is 10.4. The average Bonchev–Trinajstić information content (AvgIpc) is 2.66. The van der Waals surface area contributed by atoms with Crippen molar-refractivity contribution in [2.24, 2.45) is 17.3 Å². The summed E-state index contributed by atoms with van der Waals surface area (Å²) in [7, 11) is 2.27. The van der Waals surface area contributed by atoms with Crippen LogP contribution in [0.15, 0.2) is 0 Å². The summed E-state index contributed by atoms with van der Waals surface area (Å²) in [5, 5.41) is 10.4. The SMILES string of the molecule is CCC1CCC(N(C)CC2CCC(C)(C)C2O)CC1. The minimum absolute atomic E-state index is 0.109. The van der Waals surface area contributed by atoms with Crippen LogP contribution in [0, 0.1) is 17.3 Å². The molecule has 0 radical (unpaired) electrons. The zero-order valence-electron chi connectivity index (χ0n) is 13.4. The van der Waals surface area contributed by atoms with Gasteiger partial charge < -0.3 is 10.0 Å². The Labute approximate surface area is 119 Å². The van der Waals surface area contributed by atoms with Gasteiger partial charge in [-0.25, -0.2) is 0 Å². The van der Waals surface area contributed by atoms with E-state index in [9.17, 15) is 5.11 Å². The highest BCUT2D eigenvalue weighted by molar-refractivity contribution is 4.92. The highest BCUT2D eigenvalue weighted by atomic mass is 16.3. The van der Waals surface area contributed by atoms with Crippen molar-refractivity contribution in [2.45, 2.75) is 77.9 Å². The summed E-state index contributed by atoms with van der Waals surface area (Å²) in [4.78, 5) is 2.54. The number of nitrogens with zero attached hydrogens (tertiary/aromatic N) is 1. The molecule has 19 heavy (non-hydrogen) atoms. The molecule has 2 unspecified atom stereocenters. The molecule has 0 aromatic carbocycles. The molecule has 2 aliphatic rings. The quantitative estimate of drug-likeness (QED) is 0.840. The highest BCUT2D eigenvalue weighted by Gasteiger charge is 2.41. The molecule has 2 aliphatic carbocycles. The summed E-state index contributed by atoms with van der Waals surface area (Å²) >= 11 is 0. The highest BCUT2D eigenvalue weighted by Crippen LogP contribution is 2.42. The second-order valence-electron chi connectivity index (χ2n) is 7.75. The van der Waals surface area contributed by atoms with Gasteiger partial charge in [-0.15, -0.1) is 0 Å². The zero-order chi connectivity index (χ0) is 14.0. The van der Waals surface area contributed by atoms with Crippen molar-refractivity contribution in [3.63, 3.8) is 0 Å². The molecular formula is C17H33NO. The molecule has 0 bridgehead atoms. The Kier molecular flexibility index (Phi) is 4.94. The topological polar surface area (TPSA) is 23.5 Å². The van der Waals surface area contributed by atoms with Gasteiger partial charge in [0, 0.05) is 12.6 Å². The molecule has 0 spiro atoms. The van der Waals surface area contributed by atoms with Gasteiger partial charge in [0.15, 0.2) is 0 Å². The van der Waals surface area contributed by atoms with Gasteiger partial charge in [0.1, 0.15) is 0 Å². The third-order valence-corrected chi connectivity index (χ3v) is 5.95. The largest absolute Gasteiger partial charge is 0.392 e. The lowest BCUT2D eigenvalue weighted by atomic mass is 9.83. The van der Waals surface area contributed by atoms with Crippen LogP contribution in [0.5, 0.6) is 0 Å². The van der Waals surface area contributed by atoms with E-state index in [0.717, 1.165) is 18.5 Å². The first-order chi connectivity index (χ1) is 8.94. The van der Waals surface area contributed by atoms with Crippen LogP contribution < -0.4 is 0 Å². The zero-order valence-corrected chi connectivity index (χ0v) is 13.4. The molecular weight excluding hydrogens is 234 g/mol. The molecule has 2 saturated carbocycles. The minimum Gasteiger partial charge on any atom is -0.392 e. The van der Waals surface area contributed by atoms with Crippen molar-refractivity contribution < 1.29 is 5.11 Å². The fraction of sp³-hybridized carbons (Fsp3) is 1.00. The number of rotatable bonds is 4. The molecule has 0 aliphatic heterocycles. The maximum absolute atomic E-state index is 10.4. The first-order valence-electron chi connectivity index (χ1n) is 8.32. The second kappa shape index (κ2) is 6.13. The van der Waals surface area contributed by atoms with Gasteiger partial charge in [0.25, 0.3) is 0 Å². The number of hydrogen-bond donors (Lipinski definition) is 1. The minimum atomic E-state index is -0.109. The van der Waals surface area contributed by atoms with Crippen molar-refractivity contribution in [3.8, 4) is 0 Å². The molecule has 1 N–H and O–H groups in total. The summed E-state index contributed by atoms with van der Waals surface area (Å²) in [5.74, 6) is 1.46. The Hall–Kier alpha value is -0.0800. The van der Waals surface area contributed by atoms with Crippen molar-refractivity contribution in [1.29, 1.82) is 0 Å². The van der Waals surface area contributed by atoms with E-state index in [-0.39, 0.29) is 11.5 Å². The van der Waals surface area contributed by atoms with E-state index in [4.69, 9.17) is 0 Å². The molecule has 0 heterocycles. The van der Waals surface area contributed by atoms with E-state index in [1.54, 1.807) is 0 Å². The molecule has 2 nitrogen and oxygen atoms in total. The third kappa shape index (κ3) is 3.52. The van der Waals surface area contributed by atoms with Crippen LogP contribution in [0.2, 0.25) is 0 Å². The van der Waals surface area contributed by atoms with E-state index in [1.165, 1.54) is 44.9 Å². The summed E-state index contributed by atoms with van der Waals surface area (Å²) < 4.78 is 0. The summed E-state index contributed by atoms with van der Waals surface area (Å²) in [6.07, 6.45) is 9.16. The summed E-state index contributed by atoms with van der Waals surface area (Å²) in [6.45, 7) is 7.84. The fourth-order valence-electron chi connectivity index (χ4n) is 4.21. The Bertz CT molecular complexity index is 281.